The fourth-order valence-electron chi connectivity index (χ4n) is 2.65. The molecular weight excluding hydrogens is 338 g/mol. The van der Waals surface area contributed by atoms with E-state index in [9.17, 15) is 14.9 Å². The molecular formula is C14H18BrN3O3. The molecule has 1 heterocycles. The molecule has 1 aliphatic rings. The quantitative estimate of drug-likeness (QED) is 0.665. The molecule has 2 rings (SSSR count). The Morgan fingerprint density at radius 3 is 2.67 bits per heavy atom. The highest BCUT2D eigenvalue weighted by atomic mass is 79.9. The highest BCUT2D eigenvalue weighted by Gasteiger charge is 2.26. The molecule has 0 bridgehead atoms. The number of carbonyl (C=O) groups excluding carboxylic acids is 1. The molecule has 1 amide bonds. The average Bonchev–Trinajstić information content (AvgIpc) is 2.48. The summed E-state index contributed by atoms with van der Waals surface area (Å²) >= 11 is 3.23. The monoisotopic (exact) mass is 355 g/mol. The molecule has 7 heteroatoms. The third-order valence-electron chi connectivity index (χ3n) is 3.69. The molecule has 0 atom stereocenters. The Hall–Kier alpha value is -1.47. The Labute approximate surface area is 131 Å². The number of nitrogens with zero attached hydrogens (tertiary/aromatic N) is 2. The number of nitro groups is 1. The van der Waals surface area contributed by atoms with Crippen molar-refractivity contribution in [2.75, 3.05) is 19.6 Å². The van der Waals surface area contributed by atoms with Gasteiger partial charge in [0.25, 0.3) is 11.6 Å². The first-order chi connectivity index (χ1) is 10.0. The lowest BCUT2D eigenvalue weighted by Gasteiger charge is -2.34. The summed E-state index contributed by atoms with van der Waals surface area (Å²) in [6.45, 7) is 4.33. The molecule has 1 fully saturated rings. The second-order valence-electron chi connectivity index (χ2n) is 5.03. The van der Waals surface area contributed by atoms with E-state index in [-0.39, 0.29) is 17.6 Å². The minimum absolute atomic E-state index is 0.0749. The van der Waals surface area contributed by atoms with Gasteiger partial charge in [0.2, 0.25) is 0 Å². The molecule has 1 saturated heterocycles. The summed E-state index contributed by atoms with van der Waals surface area (Å²) in [6, 6.07) is 4.58. The third-order valence-corrected chi connectivity index (χ3v) is 4.15. The zero-order valence-electron chi connectivity index (χ0n) is 11.8. The van der Waals surface area contributed by atoms with Crippen LogP contribution < -0.4 is 5.32 Å². The number of non-ortho nitro benzene ring substituents is 1. The van der Waals surface area contributed by atoms with Crippen LogP contribution in [0.4, 0.5) is 5.69 Å². The predicted molar refractivity (Wildman–Crippen MR) is 83.4 cm³/mol. The Morgan fingerprint density at radius 2 is 2.10 bits per heavy atom. The lowest BCUT2D eigenvalue weighted by molar-refractivity contribution is -0.385. The largest absolute Gasteiger partial charge is 0.336 e. The van der Waals surface area contributed by atoms with Gasteiger partial charge in [-0.2, -0.15) is 0 Å². The van der Waals surface area contributed by atoms with Crippen LogP contribution >= 0.6 is 15.9 Å². The molecule has 0 aromatic heterocycles. The van der Waals surface area contributed by atoms with Gasteiger partial charge in [-0.05, 0) is 38.9 Å². The minimum atomic E-state index is -0.484. The van der Waals surface area contributed by atoms with Gasteiger partial charge in [0.1, 0.15) is 0 Å². The topological polar surface area (TPSA) is 75.5 Å². The molecule has 1 aliphatic heterocycles. The van der Waals surface area contributed by atoms with Crippen LogP contribution in [0.2, 0.25) is 0 Å². The standard InChI is InChI=1S/C14H18BrN3O3/c1-2-17(12-3-5-16-6-4-12)14(19)10-7-11(15)9-13(8-10)18(20)21/h7-9,12,16H,2-6H2,1H3. The summed E-state index contributed by atoms with van der Waals surface area (Å²) in [5.41, 5.74) is 0.283. The van der Waals surface area contributed by atoms with Crippen molar-refractivity contribution in [3.05, 3.63) is 38.3 Å². The summed E-state index contributed by atoms with van der Waals surface area (Å²) in [4.78, 5) is 24.9. The van der Waals surface area contributed by atoms with E-state index in [0.717, 1.165) is 25.9 Å². The van der Waals surface area contributed by atoms with E-state index in [1.54, 1.807) is 6.07 Å². The minimum Gasteiger partial charge on any atom is -0.336 e. The zero-order valence-corrected chi connectivity index (χ0v) is 13.4. The molecule has 0 saturated carbocycles. The first kappa shape index (κ1) is 15.9. The van der Waals surface area contributed by atoms with Crippen LogP contribution in [0.15, 0.2) is 22.7 Å². The molecule has 1 aromatic carbocycles. The van der Waals surface area contributed by atoms with Crippen LogP contribution in [-0.2, 0) is 0 Å². The lowest BCUT2D eigenvalue weighted by atomic mass is 10.0. The highest BCUT2D eigenvalue weighted by Crippen LogP contribution is 2.24. The summed E-state index contributed by atoms with van der Waals surface area (Å²) in [7, 11) is 0. The predicted octanol–water partition coefficient (Wildman–Crippen LogP) is 2.57. The van der Waals surface area contributed by atoms with Crippen LogP contribution in [0.1, 0.15) is 30.1 Å². The van der Waals surface area contributed by atoms with Crippen molar-refractivity contribution in [3.63, 3.8) is 0 Å². The van der Waals surface area contributed by atoms with Gasteiger partial charge in [0.15, 0.2) is 0 Å². The van der Waals surface area contributed by atoms with Crippen molar-refractivity contribution in [1.29, 1.82) is 0 Å². The van der Waals surface area contributed by atoms with Gasteiger partial charge in [-0.25, -0.2) is 0 Å². The molecule has 21 heavy (non-hydrogen) atoms. The summed E-state index contributed by atoms with van der Waals surface area (Å²) < 4.78 is 0.543. The molecule has 0 radical (unpaired) electrons. The zero-order chi connectivity index (χ0) is 15.4. The molecule has 1 N–H and O–H groups in total. The van der Waals surface area contributed by atoms with E-state index in [1.165, 1.54) is 12.1 Å². The second-order valence-corrected chi connectivity index (χ2v) is 5.94. The first-order valence-electron chi connectivity index (χ1n) is 6.99. The Bertz CT molecular complexity index is 544. The van der Waals surface area contributed by atoms with Gasteiger partial charge in [-0.15, -0.1) is 0 Å². The van der Waals surface area contributed by atoms with Crippen LogP contribution in [0.3, 0.4) is 0 Å². The highest BCUT2D eigenvalue weighted by molar-refractivity contribution is 9.10. The van der Waals surface area contributed by atoms with Crippen molar-refractivity contribution < 1.29 is 9.72 Å². The van der Waals surface area contributed by atoms with Crippen LogP contribution in [0.25, 0.3) is 0 Å². The van der Waals surface area contributed by atoms with Crippen molar-refractivity contribution in [1.82, 2.24) is 10.2 Å². The van der Waals surface area contributed by atoms with E-state index < -0.39 is 4.92 Å². The average molecular weight is 356 g/mol. The number of hydrogen-bond donors (Lipinski definition) is 1. The van der Waals surface area contributed by atoms with E-state index in [0.29, 0.717) is 16.6 Å². The van der Waals surface area contributed by atoms with Crippen molar-refractivity contribution in [3.8, 4) is 0 Å². The lowest BCUT2D eigenvalue weighted by Crippen LogP contribution is -2.46. The number of nitro benzene ring substituents is 1. The number of benzene rings is 1. The molecule has 114 valence electrons. The Balaban J connectivity index is 2.26. The smallest absolute Gasteiger partial charge is 0.271 e. The van der Waals surface area contributed by atoms with Crippen molar-refractivity contribution in [2.45, 2.75) is 25.8 Å². The molecule has 0 unspecified atom stereocenters. The number of rotatable bonds is 4. The molecule has 6 nitrogen and oxygen atoms in total. The summed E-state index contributed by atoms with van der Waals surface area (Å²) in [6.07, 6.45) is 1.82. The van der Waals surface area contributed by atoms with Gasteiger partial charge in [0, 0.05) is 34.8 Å². The number of halogens is 1. The SMILES string of the molecule is CCN(C(=O)c1cc(Br)cc([N+](=O)[O-])c1)C1CCNCC1. The number of carbonyl (C=O) groups is 1. The maximum absolute atomic E-state index is 12.7. The fraction of sp³-hybridized carbons (Fsp3) is 0.500. The molecule has 1 aromatic rings. The maximum atomic E-state index is 12.7. The fourth-order valence-corrected chi connectivity index (χ4v) is 3.14. The van der Waals surface area contributed by atoms with E-state index in [4.69, 9.17) is 0 Å². The molecule has 0 spiro atoms. The molecule has 0 aliphatic carbocycles. The van der Waals surface area contributed by atoms with E-state index >= 15 is 0 Å². The number of piperidine rings is 1. The summed E-state index contributed by atoms with van der Waals surface area (Å²) in [5, 5.41) is 14.2. The van der Waals surface area contributed by atoms with E-state index in [1.807, 2.05) is 11.8 Å². The summed E-state index contributed by atoms with van der Waals surface area (Å²) in [5.74, 6) is -0.145. The normalized spacial score (nSPS) is 15.7. The van der Waals surface area contributed by atoms with Crippen molar-refractivity contribution >= 4 is 27.5 Å². The van der Waals surface area contributed by atoms with Gasteiger partial charge in [-0.1, -0.05) is 15.9 Å². The Morgan fingerprint density at radius 1 is 1.43 bits per heavy atom. The van der Waals surface area contributed by atoms with E-state index in [2.05, 4.69) is 21.2 Å². The maximum Gasteiger partial charge on any atom is 0.271 e. The van der Waals surface area contributed by atoms with Crippen LogP contribution in [0.5, 0.6) is 0 Å². The van der Waals surface area contributed by atoms with Crippen LogP contribution in [0, 0.1) is 10.1 Å². The van der Waals surface area contributed by atoms with Crippen molar-refractivity contribution in [2.24, 2.45) is 0 Å². The first-order valence-corrected chi connectivity index (χ1v) is 7.79. The number of nitrogens with one attached hydrogen (secondary N) is 1. The Kier molecular flexibility index (Phi) is 5.30. The van der Waals surface area contributed by atoms with Crippen LogP contribution in [-0.4, -0.2) is 41.4 Å². The van der Waals surface area contributed by atoms with Gasteiger partial charge >= 0.3 is 0 Å². The second kappa shape index (κ2) is 7.00. The number of hydrogen-bond acceptors (Lipinski definition) is 4. The van der Waals surface area contributed by atoms with Gasteiger partial charge < -0.3 is 10.2 Å². The number of amides is 1. The van der Waals surface area contributed by atoms with Gasteiger partial charge in [-0.3, -0.25) is 14.9 Å². The van der Waals surface area contributed by atoms with Gasteiger partial charge in [0.05, 0.1) is 4.92 Å². The third kappa shape index (κ3) is 3.79.